The molecular formula is C9H10BrF2NO3S. The predicted molar refractivity (Wildman–Crippen MR) is 62.1 cm³/mol. The highest BCUT2D eigenvalue weighted by Gasteiger charge is 2.19. The molecule has 0 spiro atoms. The quantitative estimate of drug-likeness (QED) is 0.844. The zero-order valence-electron chi connectivity index (χ0n) is 8.86. The Balaban J connectivity index is 3.45. The number of hydrogen-bond acceptors (Lipinski definition) is 3. The topological polar surface area (TPSA) is 56.1 Å². The molecule has 0 atom stereocenters. The molecule has 0 aliphatic carbocycles. The van der Waals surface area contributed by atoms with Crippen molar-refractivity contribution in [2.24, 2.45) is 0 Å². The lowest BCUT2D eigenvalue weighted by Crippen LogP contribution is -2.28. The Morgan fingerprint density at radius 1 is 1.47 bits per heavy atom. The molecule has 4 nitrogen and oxygen atoms in total. The first-order valence-corrected chi connectivity index (χ1v) is 7.13. The van der Waals surface area contributed by atoms with Gasteiger partial charge in [-0.25, -0.2) is 17.2 Å². The van der Waals surface area contributed by atoms with Crippen molar-refractivity contribution < 1.29 is 17.2 Å². The van der Waals surface area contributed by atoms with Gasteiger partial charge in [0.05, 0.1) is 12.3 Å². The van der Waals surface area contributed by atoms with Crippen LogP contribution in [-0.2, 0) is 16.4 Å². The van der Waals surface area contributed by atoms with Crippen LogP contribution in [0.2, 0.25) is 0 Å². The number of alkyl halides is 2. The van der Waals surface area contributed by atoms with Gasteiger partial charge in [-0.15, -0.1) is 0 Å². The Bertz CT molecular complexity index is 568. The van der Waals surface area contributed by atoms with Gasteiger partial charge >= 0.3 is 0 Å². The second kappa shape index (κ2) is 5.26. The van der Waals surface area contributed by atoms with Crippen molar-refractivity contribution in [3.63, 3.8) is 0 Å². The van der Waals surface area contributed by atoms with Gasteiger partial charge in [0.2, 0.25) is 0 Å². The molecule has 0 amide bonds. The number of hydrogen-bond donors (Lipinski definition) is 0. The van der Waals surface area contributed by atoms with Gasteiger partial charge in [-0.1, -0.05) is 6.92 Å². The summed E-state index contributed by atoms with van der Waals surface area (Å²) < 4.78 is 48.6. The third kappa shape index (κ3) is 3.35. The maximum atomic E-state index is 12.2. The molecule has 17 heavy (non-hydrogen) atoms. The number of halogens is 3. The van der Waals surface area contributed by atoms with Crippen LogP contribution in [0.15, 0.2) is 26.4 Å². The molecule has 0 saturated carbocycles. The standard InChI is InChI=1S/C9H10BrF2NO3S/c1-2-17(15,16)7-3-6(10)4-13(9(7)14)5-8(11)12/h3-4,8H,2,5H2,1H3. The van der Waals surface area contributed by atoms with Gasteiger partial charge in [-0.3, -0.25) is 4.79 Å². The zero-order valence-corrected chi connectivity index (χ0v) is 11.3. The van der Waals surface area contributed by atoms with Crippen LogP contribution in [0.5, 0.6) is 0 Å². The van der Waals surface area contributed by atoms with Gasteiger partial charge < -0.3 is 4.57 Å². The minimum atomic E-state index is -3.72. The van der Waals surface area contributed by atoms with E-state index in [1.165, 1.54) is 6.92 Å². The van der Waals surface area contributed by atoms with E-state index in [1.807, 2.05) is 0 Å². The molecule has 96 valence electrons. The van der Waals surface area contributed by atoms with Gasteiger partial charge in [0.15, 0.2) is 9.84 Å². The van der Waals surface area contributed by atoms with E-state index in [2.05, 4.69) is 15.9 Å². The van der Waals surface area contributed by atoms with Crippen LogP contribution in [-0.4, -0.2) is 25.2 Å². The first-order valence-electron chi connectivity index (χ1n) is 4.69. The summed E-state index contributed by atoms with van der Waals surface area (Å²) in [6, 6.07) is 1.13. The minimum absolute atomic E-state index is 0.257. The third-order valence-corrected chi connectivity index (χ3v) is 4.23. The van der Waals surface area contributed by atoms with E-state index in [4.69, 9.17) is 0 Å². The molecular weight excluding hydrogens is 320 g/mol. The van der Waals surface area contributed by atoms with Crippen LogP contribution in [0.1, 0.15) is 6.92 Å². The lowest BCUT2D eigenvalue weighted by atomic mass is 10.4. The largest absolute Gasteiger partial charge is 0.308 e. The van der Waals surface area contributed by atoms with Crippen LogP contribution in [0.25, 0.3) is 0 Å². The van der Waals surface area contributed by atoms with E-state index in [9.17, 15) is 22.0 Å². The number of rotatable bonds is 4. The fraction of sp³-hybridized carbons (Fsp3) is 0.444. The van der Waals surface area contributed by atoms with Gasteiger partial charge in [0.25, 0.3) is 12.0 Å². The lowest BCUT2D eigenvalue weighted by Gasteiger charge is -2.08. The van der Waals surface area contributed by atoms with Crippen LogP contribution < -0.4 is 5.56 Å². The average Bonchev–Trinajstić information content (AvgIpc) is 2.22. The average molecular weight is 330 g/mol. The van der Waals surface area contributed by atoms with Crippen LogP contribution in [0.3, 0.4) is 0 Å². The SMILES string of the molecule is CCS(=O)(=O)c1cc(Br)cn(CC(F)F)c1=O. The zero-order chi connectivity index (χ0) is 13.2. The van der Waals surface area contributed by atoms with Crippen molar-refractivity contribution in [2.45, 2.75) is 24.8 Å². The van der Waals surface area contributed by atoms with E-state index >= 15 is 0 Å². The monoisotopic (exact) mass is 329 g/mol. The fourth-order valence-corrected chi connectivity index (χ4v) is 2.86. The van der Waals surface area contributed by atoms with Crippen molar-refractivity contribution in [3.8, 4) is 0 Å². The van der Waals surface area contributed by atoms with Crippen LogP contribution >= 0.6 is 15.9 Å². The molecule has 0 unspecified atom stereocenters. The first-order chi connectivity index (χ1) is 7.77. The minimum Gasteiger partial charge on any atom is -0.308 e. The van der Waals surface area contributed by atoms with Gasteiger partial charge in [0.1, 0.15) is 4.90 Å². The second-order valence-electron chi connectivity index (χ2n) is 3.27. The summed E-state index contributed by atoms with van der Waals surface area (Å²) in [6.07, 6.45) is -1.58. The highest BCUT2D eigenvalue weighted by Crippen LogP contribution is 2.14. The Hall–Kier alpha value is -0.760. The number of sulfone groups is 1. The molecule has 1 heterocycles. The number of pyridine rings is 1. The molecule has 0 fully saturated rings. The summed E-state index contributed by atoms with van der Waals surface area (Å²) in [5.41, 5.74) is -0.921. The third-order valence-electron chi connectivity index (χ3n) is 2.07. The Morgan fingerprint density at radius 3 is 2.53 bits per heavy atom. The van der Waals surface area contributed by atoms with E-state index in [0.29, 0.717) is 4.57 Å². The van der Waals surface area contributed by atoms with Crippen molar-refractivity contribution in [2.75, 3.05) is 5.75 Å². The van der Waals surface area contributed by atoms with E-state index in [0.717, 1.165) is 12.3 Å². The summed E-state index contributed by atoms with van der Waals surface area (Å²) in [6.45, 7) is 0.553. The van der Waals surface area contributed by atoms with Crippen molar-refractivity contribution >= 4 is 25.8 Å². The summed E-state index contributed by atoms with van der Waals surface area (Å²) in [5.74, 6) is -0.257. The molecule has 0 saturated heterocycles. The van der Waals surface area contributed by atoms with Crippen molar-refractivity contribution in [1.82, 2.24) is 4.57 Å². The highest BCUT2D eigenvalue weighted by molar-refractivity contribution is 9.10. The molecule has 0 N–H and O–H groups in total. The summed E-state index contributed by atoms with van der Waals surface area (Å²) >= 11 is 2.99. The van der Waals surface area contributed by atoms with E-state index in [-0.39, 0.29) is 10.2 Å². The van der Waals surface area contributed by atoms with Crippen molar-refractivity contribution in [3.05, 3.63) is 27.1 Å². The van der Waals surface area contributed by atoms with Gasteiger partial charge in [-0.05, 0) is 22.0 Å². The molecule has 0 aliphatic heterocycles. The maximum absolute atomic E-state index is 12.2. The molecule has 0 aromatic carbocycles. The van der Waals surface area contributed by atoms with Crippen LogP contribution in [0.4, 0.5) is 8.78 Å². The summed E-state index contributed by atoms with van der Waals surface area (Å²) in [4.78, 5) is 11.2. The van der Waals surface area contributed by atoms with Crippen molar-refractivity contribution in [1.29, 1.82) is 0 Å². The molecule has 1 aromatic rings. The summed E-state index contributed by atoms with van der Waals surface area (Å²) in [7, 11) is -3.72. The summed E-state index contributed by atoms with van der Waals surface area (Å²) in [5, 5.41) is 0. The Morgan fingerprint density at radius 2 is 2.06 bits per heavy atom. The Kier molecular flexibility index (Phi) is 4.42. The number of aromatic nitrogens is 1. The lowest BCUT2D eigenvalue weighted by molar-refractivity contribution is 0.125. The normalized spacial score (nSPS) is 12.1. The van der Waals surface area contributed by atoms with E-state index < -0.39 is 33.3 Å². The maximum Gasteiger partial charge on any atom is 0.269 e. The second-order valence-corrected chi connectivity index (χ2v) is 6.44. The van der Waals surface area contributed by atoms with Crippen LogP contribution in [0, 0.1) is 0 Å². The molecule has 0 radical (unpaired) electrons. The highest BCUT2D eigenvalue weighted by atomic mass is 79.9. The predicted octanol–water partition coefficient (Wildman–Crippen LogP) is 1.67. The van der Waals surface area contributed by atoms with Gasteiger partial charge in [0, 0.05) is 10.7 Å². The molecule has 0 aliphatic rings. The molecule has 8 heteroatoms. The fourth-order valence-electron chi connectivity index (χ4n) is 1.24. The van der Waals surface area contributed by atoms with E-state index in [1.54, 1.807) is 0 Å². The molecule has 1 aromatic heterocycles. The van der Waals surface area contributed by atoms with Gasteiger partial charge in [-0.2, -0.15) is 0 Å². The Labute approximate surface area is 105 Å². The molecule has 1 rings (SSSR count). The number of nitrogens with zero attached hydrogens (tertiary/aromatic N) is 1. The first kappa shape index (κ1) is 14.3. The smallest absolute Gasteiger partial charge is 0.269 e. The molecule has 0 bridgehead atoms.